The zero-order chi connectivity index (χ0) is 14.9. The molecular weight excluding hydrogens is 349 g/mol. The van der Waals surface area contributed by atoms with E-state index in [2.05, 4.69) is 21.0 Å². The predicted molar refractivity (Wildman–Crippen MR) is 76.0 cm³/mol. The van der Waals surface area contributed by atoms with Crippen LogP contribution in [0.3, 0.4) is 0 Å². The van der Waals surface area contributed by atoms with Gasteiger partial charge in [0.15, 0.2) is 0 Å². The Hall–Kier alpha value is -1.25. The molecule has 1 heterocycles. The molecule has 0 aliphatic rings. The summed E-state index contributed by atoms with van der Waals surface area (Å²) in [6.07, 6.45) is 3.32. The fourth-order valence-corrected chi connectivity index (χ4v) is 3.13. The molecule has 5 nitrogen and oxygen atoms in total. The molecule has 0 spiro atoms. The number of aromatic nitrogens is 2. The van der Waals surface area contributed by atoms with Crippen LogP contribution >= 0.6 is 15.9 Å². The highest BCUT2D eigenvalue weighted by Gasteiger charge is 2.22. The second-order valence-electron chi connectivity index (χ2n) is 4.36. The quantitative estimate of drug-likeness (QED) is 0.838. The summed E-state index contributed by atoms with van der Waals surface area (Å²) >= 11 is 3.00. The van der Waals surface area contributed by atoms with Gasteiger partial charge in [0.25, 0.3) is 0 Å². The number of aryl methyl sites for hydroxylation is 1. The molecule has 2 aromatic rings. The minimum Gasteiger partial charge on any atom is -0.275 e. The highest BCUT2D eigenvalue weighted by molar-refractivity contribution is 9.10. The molecule has 0 aliphatic carbocycles. The fraction of sp³-hybridized carbons (Fsp3) is 0.250. The van der Waals surface area contributed by atoms with Gasteiger partial charge in [-0.3, -0.25) is 4.68 Å². The van der Waals surface area contributed by atoms with Crippen LogP contribution in [0.25, 0.3) is 0 Å². The van der Waals surface area contributed by atoms with E-state index in [4.69, 9.17) is 0 Å². The van der Waals surface area contributed by atoms with Crippen molar-refractivity contribution in [1.82, 2.24) is 14.1 Å². The summed E-state index contributed by atoms with van der Waals surface area (Å²) in [6.45, 7) is 0.174. The Balaban J connectivity index is 2.27. The summed E-state index contributed by atoms with van der Waals surface area (Å²) in [5.41, 5.74) is 0.760. The average molecular weight is 362 g/mol. The standard InChI is InChI=1S/C12H13BrFN3O2S/c1-16-7-9(6-15-16)8-17(2)20(18,19)10-3-4-11(13)12(14)5-10/h3-7H,8H2,1-2H3. The summed E-state index contributed by atoms with van der Waals surface area (Å²) in [5.74, 6) is -0.610. The van der Waals surface area contributed by atoms with Gasteiger partial charge in [-0.25, -0.2) is 12.8 Å². The fourth-order valence-electron chi connectivity index (χ4n) is 1.71. The molecule has 2 rings (SSSR count). The minimum atomic E-state index is -3.73. The molecule has 8 heteroatoms. The van der Waals surface area contributed by atoms with Gasteiger partial charge < -0.3 is 0 Å². The topological polar surface area (TPSA) is 55.2 Å². The van der Waals surface area contributed by atoms with Crippen molar-refractivity contribution in [3.63, 3.8) is 0 Å². The summed E-state index contributed by atoms with van der Waals surface area (Å²) in [7, 11) is -0.533. The first-order chi connectivity index (χ1) is 9.30. The maximum Gasteiger partial charge on any atom is 0.243 e. The Morgan fingerprint density at radius 1 is 1.45 bits per heavy atom. The lowest BCUT2D eigenvalue weighted by molar-refractivity contribution is 0.465. The molecule has 0 aliphatic heterocycles. The Morgan fingerprint density at radius 2 is 2.15 bits per heavy atom. The van der Waals surface area contributed by atoms with Crippen molar-refractivity contribution in [2.45, 2.75) is 11.4 Å². The molecular formula is C12H13BrFN3O2S. The van der Waals surface area contributed by atoms with Gasteiger partial charge in [0.1, 0.15) is 5.82 Å². The van der Waals surface area contributed by atoms with Gasteiger partial charge in [0.05, 0.1) is 15.6 Å². The number of hydrogen-bond acceptors (Lipinski definition) is 3. The lowest BCUT2D eigenvalue weighted by Gasteiger charge is -2.16. The van der Waals surface area contributed by atoms with Crippen molar-refractivity contribution < 1.29 is 12.8 Å². The van der Waals surface area contributed by atoms with Crippen molar-refractivity contribution in [3.05, 3.63) is 46.4 Å². The second kappa shape index (κ2) is 5.63. The van der Waals surface area contributed by atoms with Crippen molar-refractivity contribution >= 4 is 26.0 Å². The number of halogens is 2. The maximum atomic E-state index is 13.5. The van der Waals surface area contributed by atoms with E-state index >= 15 is 0 Å². The number of nitrogens with zero attached hydrogens (tertiary/aromatic N) is 3. The lowest BCUT2D eigenvalue weighted by atomic mass is 10.3. The van der Waals surface area contributed by atoms with E-state index in [1.54, 1.807) is 24.1 Å². The van der Waals surface area contributed by atoms with Crippen LogP contribution in [0.4, 0.5) is 4.39 Å². The highest BCUT2D eigenvalue weighted by atomic mass is 79.9. The SMILES string of the molecule is CN(Cc1cnn(C)c1)S(=O)(=O)c1ccc(Br)c(F)c1. The van der Waals surface area contributed by atoms with Crippen molar-refractivity contribution in [2.75, 3.05) is 7.05 Å². The molecule has 0 saturated heterocycles. The molecule has 0 unspecified atom stereocenters. The first-order valence-electron chi connectivity index (χ1n) is 5.69. The third-order valence-corrected chi connectivity index (χ3v) is 5.21. The molecule has 108 valence electrons. The molecule has 1 aromatic carbocycles. The van der Waals surface area contributed by atoms with Gasteiger partial charge >= 0.3 is 0 Å². The minimum absolute atomic E-state index is 0.0791. The normalized spacial score (nSPS) is 12.1. The van der Waals surface area contributed by atoms with E-state index in [9.17, 15) is 12.8 Å². The number of sulfonamides is 1. The molecule has 0 radical (unpaired) electrons. The summed E-state index contributed by atoms with van der Waals surface area (Å²) in [5, 5.41) is 3.98. The van der Waals surface area contributed by atoms with Gasteiger partial charge in [0.2, 0.25) is 10.0 Å². The maximum absolute atomic E-state index is 13.5. The first-order valence-corrected chi connectivity index (χ1v) is 7.93. The van der Waals surface area contributed by atoms with Gasteiger partial charge in [0, 0.05) is 32.4 Å². The van der Waals surface area contributed by atoms with Crippen LogP contribution in [0.2, 0.25) is 0 Å². The Kier molecular flexibility index (Phi) is 4.26. The Bertz CT molecular complexity index is 730. The molecule has 0 atom stereocenters. The highest BCUT2D eigenvalue weighted by Crippen LogP contribution is 2.22. The van der Waals surface area contributed by atoms with Gasteiger partial charge in [-0.15, -0.1) is 0 Å². The lowest BCUT2D eigenvalue weighted by Crippen LogP contribution is -2.26. The largest absolute Gasteiger partial charge is 0.275 e. The smallest absolute Gasteiger partial charge is 0.243 e. The van der Waals surface area contributed by atoms with Crippen molar-refractivity contribution in [2.24, 2.45) is 7.05 Å². The van der Waals surface area contributed by atoms with Crippen LogP contribution in [0.5, 0.6) is 0 Å². The summed E-state index contributed by atoms with van der Waals surface area (Å²) < 4.78 is 41.1. The van der Waals surface area contributed by atoms with Gasteiger partial charge in [-0.05, 0) is 34.1 Å². The van der Waals surface area contributed by atoms with Crippen LogP contribution in [0.1, 0.15) is 5.56 Å². The van der Waals surface area contributed by atoms with E-state index in [0.29, 0.717) is 0 Å². The van der Waals surface area contributed by atoms with E-state index in [0.717, 1.165) is 15.9 Å². The van der Waals surface area contributed by atoms with Crippen molar-refractivity contribution in [3.8, 4) is 0 Å². The summed E-state index contributed by atoms with van der Waals surface area (Å²) in [6, 6.07) is 3.74. The van der Waals surface area contributed by atoms with E-state index in [1.165, 1.54) is 19.2 Å². The third kappa shape index (κ3) is 3.08. The zero-order valence-electron chi connectivity index (χ0n) is 10.9. The number of benzene rings is 1. The van der Waals surface area contributed by atoms with Crippen LogP contribution in [0, 0.1) is 5.82 Å². The number of hydrogen-bond donors (Lipinski definition) is 0. The number of rotatable bonds is 4. The Labute approximate surface area is 125 Å². The zero-order valence-corrected chi connectivity index (χ0v) is 13.3. The third-order valence-electron chi connectivity index (χ3n) is 2.76. The van der Waals surface area contributed by atoms with E-state index in [-0.39, 0.29) is 15.9 Å². The molecule has 20 heavy (non-hydrogen) atoms. The van der Waals surface area contributed by atoms with Crippen LogP contribution < -0.4 is 0 Å². The predicted octanol–water partition coefficient (Wildman–Crippen LogP) is 2.14. The molecule has 0 N–H and O–H groups in total. The van der Waals surface area contributed by atoms with Gasteiger partial charge in [-0.2, -0.15) is 9.40 Å². The van der Waals surface area contributed by atoms with Crippen LogP contribution in [-0.2, 0) is 23.6 Å². The molecule has 0 bridgehead atoms. The summed E-state index contributed by atoms with van der Waals surface area (Å²) in [4.78, 5) is -0.0791. The average Bonchev–Trinajstić information content (AvgIpc) is 2.78. The Morgan fingerprint density at radius 3 is 2.70 bits per heavy atom. The molecule has 0 amide bonds. The van der Waals surface area contributed by atoms with Crippen LogP contribution in [0.15, 0.2) is 40.0 Å². The molecule has 0 fully saturated rings. The van der Waals surface area contributed by atoms with Crippen LogP contribution in [-0.4, -0.2) is 29.6 Å². The monoisotopic (exact) mass is 361 g/mol. The molecule has 0 saturated carbocycles. The van der Waals surface area contributed by atoms with E-state index < -0.39 is 15.8 Å². The van der Waals surface area contributed by atoms with E-state index in [1.807, 2.05) is 0 Å². The van der Waals surface area contributed by atoms with Crippen molar-refractivity contribution in [1.29, 1.82) is 0 Å². The van der Waals surface area contributed by atoms with Gasteiger partial charge in [-0.1, -0.05) is 0 Å². The second-order valence-corrected chi connectivity index (χ2v) is 7.26. The molecule has 1 aromatic heterocycles. The first kappa shape index (κ1) is 15.1.